The highest BCUT2D eigenvalue weighted by molar-refractivity contribution is 7.16. The van der Waals surface area contributed by atoms with Crippen molar-refractivity contribution < 1.29 is 9.53 Å². The summed E-state index contributed by atoms with van der Waals surface area (Å²) in [4.78, 5) is 17.7. The third-order valence-electron chi connectivity index (χ3n) is 4.90. The van der Waals surface area contributed by atoms with Crippen LogP contribution in [0, 0.1) is 13.8 Å². The first-order valence-corrected chi connectivity index (χ1v) is 9.86. The lowest BCUT2D eigenvalue weighted by atomic mass is 10.0. The smallest absolute Gasteiger partial charge is 0.244 e. The summed E-state index contributed by atoms with van der Waals surface area (Å²) in [5.74, 6) is 0.0277. The van der Waals surface area contributed by atoms with Gasteiger partial charge in [0.25, 0.3) is 0 Å². The SMILES string of the molecule is Cc1nn(CC(=O)N(C)Cc2ccc(Cl)s2)c(C)c1C1COCCN1C. The monoisotopic (exact) mass is 396 g/mol. The Kier molecular flexibility index (Phi) is 6.02. The number of aryl methyl sites for hydroxylation is 1. The molecule has 0 N–H and O–H groups in total. The van der Waals surface area contributed by atoms with Crippen LogP contribution in [-0.2, 0) is 22.6 Å². The second-order valence-corrected chi connectivity index (χ2v) is 8.57. The zero-order valence-corrected chi connectivity index (χ0v) is 17.2. The molecule has 26 heavy (non-hydrogen) atoms. The molecule has 0 spiro atoms. The Hall–Kier alpha value is -1.41. The Morgan fingerprint density at radius 3 is 2.88 bits per heavy atom. The number of thiophene rings is 1. The van der Waals surface area contributed by atoms with E-state index in [1.165, 1.54) is 16.9 Å². The van der Waals surface area contributed by atoms with Gasteiger partial charge in [-0.15, -0.1) is 11.3 Å². The van der Waals surface area contributed by atoms with Crippen LogP contribution in [0.2, 0.25) is 4.34 Å². The number of ether oxygens (including phenoxy) is 1. The minimum Gasteiger partial charge on any atom is -0.378 e. The Bertz CT molecular complexity index is 788. The van der Waals surface area contributed by atoms with Gasteiger partial charge in [0.1, 0.15) is 6.54 Å². The van der Waals surface area contributed by atoms with Gasteiger partial charge in [0, 0.05) is 29.7 Å². The Labute approximate surface area is 163 Å². The van der Waals surface area contributed by atoms with E-state index < -0.39 is 0 Å². The summed E-state index contributed by atoms with van der Waals surface area (Å²) in [7, 11) is 3.92. The molecule has 142 valence electrons. The second-order valence-electron chi connectivity index (χ2n) is 6.77. The van der Waals surface area contributed by atoms with Gasteiger partial charge < -0.3 is 9.64 Å². The summed E-state index contributed by atoms with van der Waals surface area (Å²) >= 11 is 7.46. The number of aromatic nitrogens is 2. The standard InChI is InChI=1S/C18H25ClN4O2S/c1-12-18(15-11-25-8-7-21(15)3)13(2)23(20-12)10-17(24)22(4)9-14-5-6-16(19)26-14/h5-6,15H,7-11H2,1-4H3. The van der Waals surface area contributed by atoms with Crippen molar-refractivity contribution in [3.8, 4) is 0 Å². The fourth-order valence-electron chi connectivity index (χ4n) is 3.34. The van der Waals surface area contributed by atoms with Crippen molar-refractivity contribution >= 4 is 28.8 Å². The minimum absolute atomic E-state index is 0.0277. The van der Waals surface area contributed by atoms with Crippen LogP contribution in [0.1, 0.15) is 27.9 Å². The van der Waals surface area contributed by atoms with Gasteiger partial charge in [-0.25, -0.2) is 0 Å². The predicted octanol–water partition coefficient (Wildman–Crippen LogP) is 2.88. The molecule has 0 saturated carbocycles. The first kappa shape index (κ1) is 19.4. The van der Waals surface area contributed by atoms with Crippen LogP contribution in [0.3, 0.4) is 0 Å². The van der Waals surface area contributed by atoms with Crippen LogP contribution >= 0.6 is 22.9 Å². The van der Waals surface area contributed by atoms with Crippen molar-refractivity contribution in [1.29, 1.82) is 0 Å². The number of carbonyl (C=O) groups excluding carboxylic acids is 1. The van der Waals surface area contributed by atoms with E-state index in [-0.39, 0.29) is 18.5 Å². The summed E-state index contributed by atoms with van der Waals surface area (Å²) in [6.07, 6.45) is 0. The average molecular weight is 397 g/mol. The highest BCUT2D eigenvalue weighted by Gasteiger charge is 2.28. The molecule has 1 atom stereocenters. The average Bonchev–Trinajstić information content (AvgIpc) is 3.11. The summed E-state index contributed by atoms with van der Waals surface area (Å²) < 4.78 is 8.20. The van der Waals surface area contributed by atoms with Crippen molar-refractivity contribution in [2.24, 2.45) is 0 Å². The molecule has 1 saturated heterocycles. The summed E-state index contributed by atoms with van der Waals surface area (Å²) in [5.41, 5.74) is 3.17. The van der Waals surface area contributed by atoms with Crippen LogP contribution in [0.4, 0.5) is 0 Å². The van der Waals surface area contributed by atoms with Crippen molar-refractivity contribution in [3.05, 3.63) is 38.3 Å². The Balaban J connectivity index is 1.71. The molecule has 0 aromatic carbocycles. The van der Waals surface area contributed by atoms with Gasteiger partial charge >= 0.3 is 0 Å². The van der Waals surface area contributed by atoms with Gasteiger partial charge in [-0.1, -0.05) is 11.6 Å². The zero-order valence-electron chi connectivity index (χ0n) is 15.7. The van der Waals surface area contributed by atoms with Crippen LogP contribution < -0.4 is 0 Å². The molecule has 1 unspecified atom stereocenters. The fourth-order valence-corrected chi connectivity index (χ4v) is 4.49. The van der Waals surface area contributed by atoms with Crippen molar-refractivity contribution in [2.75, 3.05) is 33.9 Å². The zero-order chi connectivity index (χ0) is 18.8. The van der Waals surface area contributed by atoms with E-state index in [2.05, 4.69) is 17.0 Å². The largest absolute Gasteiger partial charge is 0.378 e. The van der Waals surface area contributed by atoms with E-state index in [4.69, 9.17) is 16.3 Å². The number of halogens is 1. The van der Waals surface area contributed by atoms with Crippen molar-refractivity contribution in [1.82, 2.24) is 19.6 Å². The highest BCUT2D eigenvalue weighted by atomic mass is 35.5. The van der Waals surface area contributed by atoms with Gasteiger partial charge in [-0.3, -0.25) is 14.4 Å². The Morgan fingerprint density at radius 2 is 2.23 bits per heavy atom. The lowest BCUT2D eigenvalue weighted by Crippen LogP contribution is -2.37. The maximum atomic E-state index is 12.6. The molecule has 0 aliphatic carbocycles. The maximum absolute atomic E-state index is 12.6. The number of hydrogen-bond donors (Lipinski definition) is 0. The lowest BCUT2D eigenvalue weighted by molar-refractivity contribution is -0.131. The Morgan fingerprint density at radius 1 is 1.46 bits per heavy atom. The number of amides is 1. The van der Waals surface area contributed by atoms with Gasteiger partial charge in [-0.05, 0) is 33.0 Å². The van der Waals surface area contributed by atoms with E-state index in [0.717, 1.165) is 33.8 Å². The van der Waals surface area contributed by atoms with Gasteiger partial charge in [0.05, 0.1) is 35.8 Å². The molecule has 8 heteroatoms. The first-order valence-electron chi connectivity index (χ1n) is 8.67. The topological polar surface area (TPSA) is 50.6 Å². The van der Waals surface area contributed by atoms with Crippen LogP contribution in [0.15, 0.2) is 12.1 Å². The number of carbonyl (C=O) groups is 1. The lowest BCUT2D eigenvalue weighted by Gasteiger charge is -2.32. The molecular formula is C18H25ClN4O2S. The molecule has 1 aliphatic rings. The molecule has 1 aliphatic heterocycles. The van der Waals surface area contributed by atoms with E-state index in [9.17, 15) is 4.79 Å². The second kappa shape index (κ2) is 8.08. The molecule has 0 bridgehead atoms. The van der Waals surface area contributed by atoms with E-state index in [1.807, 2.05) is 37.7 Å². The van der Waals surface area contributed by atoms with Crippen LogP contribution in [0.25, 0.3) is 0 Å². The quantitative estimate of drug-likeness (QED) is 0.779. The molecular weight excluding hydrogens is 372 g/mol. The number of nitrogens with zero attached hydrogens (tertiary/aromatic N) is 4. The molecule has 3 heterocycles. The van der Waals surface area contributed by atoms with Gasteiger partial charge in [0.2, 0.25) is 5.91 Å². The molecule has 1 fully saturated rings. The number of rotatable bonds is 5. The molecule has 3 rings (SSSR count). The number of morpholine rings is 1. The van der Waals surface area contributed by atoms with E-state index >= 15 is 0 Å². The van der Waals surface area contributed by atoms with Crippen molar-refractivity contribution in [2.45, 2.75) is 33.0 Å². The molecule has 6 nitrogen and oxygen atoms in total. The predicted molar refractivity (Wildman–Crippen MR) is 104 cm³/mol. The summed E-state index contributed by atoms with van der Waals surface area (Å²) in [6, 6.07) is 4.01. The van der Waals surface area contributed by atoms with E-state index in [0.29, 0.717) is 13.2 Å². The molecule has 1 amide bonds. The third-order valence-corrected chi connectivity index (χ3v) is 6.12. The molecule has 0 radical (unpaired) electrons. The van der Waals surface area contributed by atoms with Crippen LogP contribution in [-0.4, -0.2) is 59.3 Å². The van der Waals surface area contributed by atoms with Gasteiger partial charge in [-0.2, -0.15) is 5.10 Å². The molecule has 2 aromatic heterocycles. The normalized spacial score (nSPS) is 18.3. The summed E-state index contributed by atoms with van der Waals surface area (Å²) in [5, 5.41) is 4.62. The van der Waals surface area contributed by atoms with Gasteiger partial charge in [0.15, 0.2) is 0 Å². The maximum Gasteiger partial charge on any atom is 0.244 e. The summed E-state index contributed by atoms with van der Waals surface area (Å²) in [6.45, 7) is 7.15. The number of hydrogen-bond acceptors (Lipinski definition) is 5. The van der Waals surface area contributed by atoms with Crippen molar-refractivity contribution in [3.63, 3.8) is 0 Å². The fraction of sp³-hybridized carbons (Fsp3) is 0.556. The minimum atomic E-state index is 0.0277. The molecule has 2 aromatic rings. The third kappa shape index (κ3) is 4.11. The van der Waals surface area contributed by atoms with E-state index in [1.54, 1.807) is 4.90 Å². The number of likely N-dealkylation sites (N-methyl/N-ethyl adjacent to an activating group) is 2. The first-order chi connectivity index (χ1) is 12.4. The van der Waals surface area contributed by atoms with Crippen LogP contribution in [0.5, 0.6) is 0 Å². The highest BCUT2D eigenvalue weighted by Crippen LogP contribution is 2.28.